The number of aliphatic carboxylic acids is 1. The van der Waals surface area contributed by atoms with Gasteiger partial charge >= 0.3 is 5.97 Å². The quantitative estimate of drug-likeness (QED) is 0.852. The third-order valence-electron chi connectivity index (χ3n) is 3.13. The van der Waals surface area contributed by atoms with E-state index in [4.69, 9.17) is 28.3 Å². The molecule has 0 heterocycles. The zero-order chi connectivity index (χ0) is 15.2. The second-order valence-electron chi connectivity index (χ2n) is 4.60. The molecule has 0 bridgehead atoms. The molecule has 0 saturated heterocycles. The van der Waals surface area contributed by atoms with Crippen molar-refractivity contribution in [1.82, 2.24) is 0 Å². The number of para-hydroxylation sites is 1. The van der Waals surface area contributed by atoms with E-state index in [1.807, 2.05) is 35.2 Å². The second-order valence-corrected chi connectivity index (χ2v) is 5.42. The minimum atomic E-state index is -0.832. The highest BCUT2D eigenvalue weighted by Gasteiger charge is 2.13. The highest BCUT2D eigenvalue weighted by Crippen LogP contribution is 2.27. The van der Waals surface area contributed by atoms with Crippen molar-refractivity contribution in [3.8, 4) is 0 Å². The summed E-state index contributed by atoms with van der Waals surface area (Å²) in [5, 5.41) is 10.1. The standard InChI is InChI=1S/C16H15Cl2NO2/c17-14-7-4-8-15(18)13(14)11-19(10-9-16(20)21)12-5-2-1-3-6-12/h1-8H,9-11H2,(H,20,21). The van der Waals surface area contributed by atoms with Gasteiger partial charge in [0.05, 0.1) is 6.42 Å². The minimum Gasteiger partial charge on any atom is -0.481 e. The Kier molecular flexibility index (Phi) is 5.48. The van der Waals surface area contributed by atoms with Gasteiger partial charge in [-0.25, -0.2) is 0 Å². The first-order valence-corrected chi connectivity index (χ1v) is 7.28. The number of carbonyl (C=O) groups is 1. The maximum absolute atomic E-state index is 10.8. The van der Waals surface area contributed by atoms with Crippen molar-refractivity contribution in [3.05, 3.63) is 64.1 Å². The summed E-state index contributed by atoms with van der Waals surface area (Å²) in [5.74, 6) is -0.832. The van der Waals surface area contributed by atoms with E-state index < -0.39 is 5.97 Å². The van der Waals surface area contributed by atoms with Gasteiger partial charge in [0.15, 0.2) is 0 Å². The monoisotopic (exact) mass is 323 g/mol. The number of hydrogen-bond acceptors (Lipinski definition) is 2. The summed E-state index contributed by atoms with van der Waals surface area (Å²) in [6, 6.07) is 15.0. The van der Waals surface area contributed by atoms with Gasteiger partial charge < -0.3 is 10.0 Å². The van der Waals surface area contributed by atoms with E-state index in [1.165, 1.54) is 0 Å². The smallest absolute Gasteiger partial charge is 0.305 e. The molecule has 0 aromatic heterocycles. The Hall–Kier alpha value is -1.71. The molecule has 5 heteroatoms. The maximum atomic E-state index is 10.8. The van der Waals surface area contributed by atoms with Gasteiger partial charge in [0, 0.05) is 34.4 Å². The number of carboxylic acids is 1. The third kappa shape index (κ3) is 4.38. The van der Waals surface area contributed by atoms with Crippen LogP contribution >= 0.6 is 23.2 Å². The molecule has 0 radical (unpaired) electrons. The van der Waals surface area contributed by atoms with Crippen LogP contribution in [-0.2, 0) is 11.3 Å². The zero-order valence-electron chi connectivity index (χ0n) is 11.3. The molecule has 0 atom stereocenters. The predicted octanol–water partition coefficient (Wildman–Crippen LogP) is 4.47. The lowest BCUT2D eigenvalue weighted by molar-refractivity contribution is -0.136. The molecule has 0 aliphatic heterocycles. The van der Waals surface area contributed by atoms with Crippen LogP contribution in [-0.4, -0.2) is 17.6 Å². The molecule has 0 unspecified atom stereocenters. The van der Waals surface area contributed by atoms with Crippen LogP contribution in [0.4, 0.5) is 5.69 Å². The van der Waals surface area contributed by atoms with Crippen LogP contribution in [0.1, 0.15) is 12.0 Å². The molecular formula is C16H15Cl2NO2. The number of hydrogen-bond donors (Lipinski definition) is 1. The van der Waals surface area contributed by atoms with E-state index in [-0.39, 0.29) is 6.42 Å². The Balaban J connectivity index is 2.25. The van der Waals surface area contributed by atoms with Gasteiger partial charge in [-0.3, -0.25) is 4.79 Å². The molecule has 21 heavy (non-hydrogen) atoms. The van der Waals surface area contributed by atoms with Crippen LogP contribution in [0.3, 0.4) is 0 Å². The van der Waals surface area contributed by atoms with Crippen molar-refractivity contribution in [3.63, 3.8) is 0 Å². The topological polar surface area (TPSA) is 40.5 Å². The van der Waals surface area contributed by atoms with Crippen LogP contribution < -0.4 is 4.90 Å². The number of anilines is 1. The van der Waals surface area contributed by atoms with Gasteiger partial charge in [-0.05, 0) is 24.3 Å². The number of carboxylic acid groups (broad SMARTS) is 1. The molecule has 0 spiro atoms. The average molecular weight is 324 g/mol. The van der Waals surface area contributed by atoms with Gasteiger partial charge in [0.1, 0.15) is 0 Å². The molecule has 0 fully saturated rings. The van der Waals surface area contributed by atoms with Crippen molar-refractivity contribution < 1.29 is 9.90 Å². The Labute approximate surface area is 133 Å². The Morgan fingerprint density at radius 2 is 1.62 bits per heavy atom. The molecule has 2 aromatic carbocycles. The minimum absolute atomic E-state index is 0.0525. The summed E-state index contributed by atoms with van der Waals surface area (Å²) in [6.07, 6.45) is 0.0525. The Morgan fingerprint density at radius 3 is 2.19 bits per heavy atom. The normalized spacial score (nSPS) is 10.4. The first-order valence-electron chi connectivity index (χ1n) is 6.52. The van der Waals surface area contributed by atoms with Crippen molar-refractivity contribution in [2.45, 2.75) is 13.0 Å². The lowest BCUT2D eigenvalue weighted by atomic mass is 10.2. The zero-order valence-corrected chi connectivity index (χ0v) is 12.8. The van der Waals surface area contributed by atoms with Gasteiger partial charge in [0.2, 0.25) is 0 Å². The lowest BCUT2D eigenvalue weighted by Gasteiger charge is -2.25. The molecular weight excluding hydrogens is 309 g/mol. The molecule has 3 nitrogen and oxygen atoms in total. The van der Waals surface area contributed by atoms with E-state index in [2.05, 4.69) is 0 Å². The third-order valence-corrected chi connectivity index (χ3v) is 3.84. The average Bonchev–Trinajstić information content (AvgIpc) is 2.47. The summed E-state index contributed by atoms with van der Waals surface area (Å²) in [7, 11) is 0. The molecule has 2 rings (SSSR count). The van der Waals surface area contributed by atoms with Crippen molar-refractivity contribution >= 4 is 34.9 Å². The maximum Gasteiger partial charge on any atom is 0.305 e. The largest absolute Gasteiger partial charge is 0.481 e. The highest BCUT2D eigenvalue weighted by molar-refractivity contribution is 6.36. The van der Waals surface area contributed by atoms with E-state index in [0.29, 0.717) is 23.1 Å². The van der Waals surface area contributed by atoms with Gasteiger partial charge in [-0.1, -0.05) is 47.5 Å². The predicted molar refractivity (Wildman–Crippen MR) is 86.2 cm³/mol. The van der Waals surface area contributed by atoms with Gasteiger partial charge in [0.25, 0.3) is 0 Å². The fourth-order valence-corrected chi connectivity index (χ4v) is 2.56. The van der Waals surface area contributed by atoms with E-state index in [1.54, 1.807) is 18.2 Å². The SMILES string of the molecule is O=C(O)CCN(Cc1c(Cl)cccc1Cl)c1ccccc1. The number of rotatable bonds is 6. The number of benzene rings is 2. The van der Waals surface area contributed by atoms with Crippen LogP contribution in [0.25, 0.3) is 0 Å². The van der Waals surface area contributed by atoms with Crippen LogP contribution in [0.15, 0.2) is 48.5 Å². The first-order chi connectivity index (χ1) is 10.1. The molecule has 2 aromatic rings. The van der Waals surface area contributed by atoms with Crippen molar-refractivity contribution in [2.24, 2.45) is 0 Å². The van der Waals surface area contributed by atoms with Crippen molar-refractivity contribution in [2.75, 3.05) is 11.4 Å². The number of halogens is 2. The summed E-state index contributed by atoms with van der Waals surface area (Å²) < 4.78 is 0. The lowest BCUT2D eigenvalue weighted by Crippen LogP contribution is -2.26. The van der Waals surface area contributed by atoms with Gasteiger partial charge in [-0.15, -0.1) is 0 Å². The fourth-order valence-electron chi connectivity index (χ4n) is 2.04. The fraction of sp³-hybridized carbons (Fsp3) is 0.188. The summed E-state index contributed by atoms with van der Waals surface area (Å²) in [4.78, 5) is 12.8. The van der Waals surface area contributed by atoms with E-state index >= 15 is 0 Å². The molecule has 0 amide bonds. The summed E-state index contributed by atoms with van der Waals surface area (Å²) in [5.41, 5.74) is 1.74. The first kappa shape index (κ1) is 15.7. The van der Waals surface area contributed by atoms with Crippen LogP contribution in [0, 0.1) is 0 Å². The van der Waals surface area contributed by atoms with E-state index in [0.717, 1.165) is 11.3 Å². The van der Waals surface area contributed by atoms with Crippen molar-refractivity contribution in [1.29, 1.82) is 0 Å². The second kappa shape index (κ2) is 7.34. The molecule has 0 aliphatic rings. The van der Waals surface area contributed by atoms with Crippen LogP contribution in [0.2, 0.25) is 10.0 Å². The molecule has 1 N–H and O–H groups in total. The summed E-state index contributed by atoms with van der Waals surface area (Å²) >= 11 is 12.4. The molecule has 110 valence electrons. The number of nitrogens with zero attached hydrogens (tertiary/aromatic N) is 1. The Bertz CT molecular complexity index is 597. The van der Waals surface area contributed by atoms with Crippen LogP contribution in [0.5, 0.6) is 0 Å². The Morgan fingerprint density at radius 1 is 1.00 bits per heavy atom. The van der Waals surface area contributed by atoms with E-state index in [9.17, 15) is 4.79 Å². The summed E-state index contributed by atoms with van der Waals surface area (Å²) in [6.45, 7) is 0.858. The van der Waals surface area contributed by atoms with Gasteiger partial charge in [-0.2, -0.15) is 0 Å². The molecule has 0 saturated carbocycles. The molecule has 0 aliphatic carbocycles. The highest BCUT2D eigenvalue weighted by atomic mass is 35.5.